The number of thioether (sulfide) groups is 1. The normalized spacial score (nSPS) is 26.6. The molecule has 0 aliphatic carbocycles. The standard InChI is InChI=1S/C15H20N2O2S/c1-15(14(13(19)10-18)16-11-17(15)2)20-9-8-12-6-4-3-5-7-12/h3-7,10,14,16H,8-9,11H2,1-2H3. The number of nitrogens with zero attached hydrogens (tertiary/aromatic N) is 1. The lowest BCUT2D eigenvalue weighted by molar-refractivity contribution is -0.131. The SMILES string of the molecule is CN1CNC(C(=O)C=O)C1(C)SCCc1ccccc1. The molecule has 20 heavy (non-hydrogen) atoms. The minimum Gasteiger partial charge on any atom is -0.295 e. The lowest BCUT2D eigenvalue weighted by atomic mass is 10.1. The third kappa shape index (κ3) is 3.11. The maximum absolute atomic E-state index is 11.7. The van der Waals surface area contributed by atoms with Crippen LogP contribution < -0.4 is 5.32 Å². The molecule has 4 nitrogen and oxygen atoms in total. The van der Waals surface area contributed by atoms with Crippen LogP contribution in [0, 0.1) is 0 Å². The summed E-state index contributed by atoms with van der Waals surface area (Å²) in [6, 6.07) is 9.85. The summed E-state index contributed by atoms with van der Waals surface area (Å²) in [6.07, 6.45) is 1.38. The number of hydrogen-bond donors (Lipinski definition) is 1. The molecule has 5 heteroatoms. The number of nitrogens with one attached hydrogen (secondary N) is 1. The summed E-state index contributed by atoms with van der Waals surface area (Å²) in [5.74, 6) is 0.541. The quantitative estimate of drug-likeness (QED) is 0.633. The molecule has 1 aliphatic rings. The first kappa shape index (κ1) is 15.2. The molecule has 2 atom stereocenters. The zero-order valence-electron chi connectivity index (χ0n) is 11.8. The van der Waals surface area contributed by atoms with Gasteiger partial charge in [-0.1, -0.05) is 30.3 Å². The van der Waals surface area contributed by atoms with Crippen LogP contribution in [0.2, 0.25) is 0 Å². The van der Waals surface area contributed by atoms with Crippen molar-refractivity contribution in [2.75, 3.05) is 19.5 Å². The number of Topliss-reactive ketones (excluding diaryl/α,β-unsaturated/α-hetero) is 1. The average Bonchev–Trinajstić information content (AvgIpc) is 2.75. The monoisotopic (exact) mass is 292 g/mol. The first-order valence-electron chi connectivity index (χ1n) is 6.69. The van der Waals surface area contributed by atoms with Crippen molar-refractivity contribution in [1.82, 2.24) is 10.2 Å². The van der Waals surface area contributed by atoms with Gasteiger partial charge in [-0.15, -0.1) is 11.8 Å². The van der Waals surface area contributed by atoms with Crippen LogP contribution in [0.3, 0.4) is 0 Å². The van der Waals surface area contributed by atoms with Crippen LogP contribution in [0.5, 0.6) is 0 Å². The number of ketones is 1. The molecule has 1 aromatic carbocycles. The van der Waals surface area contributed by atoms with Gasteiger partial charge >= 0.3 is 0 Å². The summed E-state index contributed by atoms with van der Waals surface area (Å²) >= 11 is 1.72. The molecule has 1 fully saturated rings. The van der Waals surface area contributed by atoms with E-state index < -0.39 is 6.04 Å². The van der Waals surface area contributed by atoms with E-state index in [0.717, 1.165) is 12.2 Å². The number of aryl methyl sites for hydroxylation is 1. The number of likely N-dealkylation sites (N-methyl/N-ethyl adjacent to an activating group) is 1. The average molecular weight is 292 g/mol. The van der Waals surface area contributed by atoms with Gasteiger partial charge in [0, 0.05) is 6.67 Å². The van der Waals surface area contributed by atoms with Crippen LogP contribution in [0.15, 0.2) is 30.3 Å². The molecule has 2 rings (SSSR count). The largest absolute Gasteiger partial charge is 0.295 e. The summed E-state index contributed by atoms with van der Waals surface area (Å²) in [6.45, 7) is 2.65. The molecule has 0 bridgehead atoms. The maximum atomic E-state index is 11.7. The van der Waals surface area contributed by atoms with Crippen LogP contribution in [-0.4, -0.2) is 47.4 Å². The Bertz CT molecular complexity index is 480. The van der Waals surface area contributed by atoms with E-state index in [9.17, 15) is 9.59 Å². The van der Waals surface area contributed by atoms with Gasteiger partial charge in [0.15, 0.2) is 6.29 Å². The fourth-order valence-corrected chi connectivity index (χ4v) is 3.84. The molecule has 0 spiro atoms. The second-order valence-corrected chi connectivity index (χ2v) is 6.68. The van der Waals surface area contributed by atoms with Gasteiger partial charge in [-0.2, -0.15) is 0 Å². The van der Waals surface area contributed by atoms with Gasteiger partial charge in [-0.3, -0.25) is 19.8 Å². The Kier molecular flexibility index (Phi) is 4.96. The highest BCUT2D eigenvalue weighted by Crippen LogP contribution is 2.35. The molecule has 1 aromatic rings. The van der Waals surface area contributed by atoms with Gasteiger partial charge < -0.3 is 0 Å². The first-order chi connectivity index (χ1) is 9.58. The second kappa shape index (κ2) is 6.52. The number of carbonyl (C=O) groups excluding carboxylic acids is 2. The van der Waals surface area contributed by atoms with Crippen molar-refractivity contribution in [2.45, 2.75) is 24.3 Å². The van der Waals surface area contributed by atoms with Crippen LogP contribution in [0.1, 0.15) is 12.5 Å². The molecule has 2 unspecified atom stereocenters. The molecular weight excluding hydrogens is 272 g/mol. The number of rotatable bonds is 6. The minimum absolute atomic E-state index is 0.368. The lowest BCUT2D eigenvalue weighted by Crippen LogP contribution is -2.49. The Labute approximate surface area is 123 Å². The smallest absolute Gasteiger partial charge is 0.214 e. The topological polar surface area (TPSA) is 49.4 Å². The lowest BCUT2D eigenvalue weighted by Gasteiger charge is -2.34. The van der Waals surface area contributed by atoms with E-state index in [0.29, 0.717) is 13.0 Å². The first-order valence-corrected chi connectivity index (χ1v) is 7.68. The summed E-state index contributed by atoms with van der Waals surface area (Å²) in [4.78, 5) is 24.2. The van der Waals surface area contributed by atoms with Crippen molar-refractivity contribution in [3.8, 4) is 0 Å². The van der Waals surface area contributed by atoms with Gasteiger partial charge in [0.2, 0.25) is 5.78 Å². The maximum Gasteiger partial charge on any atom is 0.214 e. The zero-order chi connectivity index (χ0) is 14.6. The van der Waals surface area contributed by atoms with Gasteiger partial charge in [-0.05, 0) is 31.7 Å². The van der Waals surface area contributed by atoms with Crippen molar-refractivity contribution < 1.29 is 9.59 Å². The Hall–Kier alpha value is -1.17. The highest BCUT2D eigenvalue weighted by molar-refractivity contribution is 8.00. The van der Waals surface area contributed by atoms with E-state index in [4.69, 9.17) is 0 Å². The molecule has 0 amide bonds. The predicted molar refractivity (Wildman–Crippen MR) is 81.6 cm³/mol. The van der Waals surface area contributed by atoms with E-state index >= 15 is 0 Å². The van der Waals surface area contributed by atoms with E-state index in [1.54, 1.807) is 11.8 Å². The molecule has 1 N–H and O–H groups in total. The fourth-order valence-electron chi connectivity index (χ4n) is 2.44. The molecule has 1 aliphatic heterocycles. The number of aldehydes is 1. The van der Waals surface area contributed by atoms with Crippen molar-refractivity contribution in [3.63, 3.8) is 0 Å². The molecule has 1 saturated heterocycles. The third-order valence-electron chi connectivity index (χ3n) is 3.85. The number of carbonyl (C=O) groups is 2. The van der Waals surface area contributed by atoms with Gasteiger partial charge in [0.25, 0.3) is 0 Å². The second-order valence-electron chi connectivity index (χ2n) is 5.15. The Balaban J connectivity index is 1.98. The Morgan fingerprint density at radius 3 is 2.85 bits per heavy atom. The number of benzene rings is 1. The van der Waals surface area contributed by atoms with E-state index in [1.165, 1.54) is 5.56 Å². The molecule has 0 radical (unpaired) electrons. The van der Waals surface area contributed by atoms with Gasteiger partial charge in [-0.25, -0.2) is 0 Å². The van der Waals surface area contributed by atoms with Crippen molar-refractivity contribution in [2.24, 2.45) is 0 Å². The van der Waals surface area contributed by atoms with Gasteiger partial charge in [0.1, 0.15) is 6.04 Å². The number of hydrogen-bond acceptors (Lipinski definition) is 5. The van der Waals surface area contributed by atoms with Crippen molar-refractivity contribution >= 4 is 23.8 Å². The fraction of sp³-hybridized carbons (Fsp3) is 0.467. The summed E-state index contributed by atoms with van der Waals surface area (Å²) in [5, 5.41) is 3.12. The van der Waals surface area contributed by atoms with Crippen LogP contribution in [-0.2, 0) is 16.0 Å². The van der Waals surface area contributed by atoms with Crippen LogP contribution >= 0.6 is 11.8 Å². The van der Waals surface area contributed by atoms with Crippen molar-refractivity contribution in [3.05, 3.63) is 35.9 Å². The molecule has 108 valence electrons. The summed E-state index contributed by atoms with van der Waals surface area (Å²) < 4.78 is 0. The van der Waals surface area contributed by atoms with E-state index in [1.807, 2.05) is 32.2 Å². The third-order valence-corrected chi connectivity index (χ3v) is 5.39. The highest BCUT2D eigenvalue weighted by atomic mass is 32.2. The highest BCUT2D eigenvalue weighted by Gasteiger charge is 2.46. The predicted octanol–water partition coefficient (Wildman–Crippen LogP) is 1.31. The molecule has 0 aromatic heterocycles. The molecule has 0 saturated carbocycles. The summed E-state index contributed by atoms with van der Waals surface area (Å²) in [7, 11) is 1.97. The Morgan fingerprint density at radius 1 is 1.50 bits per heavy atom. The summed E-state index contributed by atoms with van der Waals surface area (Å²) in [5.41, 5.74) is 1.29. The van der Waals surface area contributed by atoms with Crippen LogP contribution in [0.4, 0.5) is 0 Å². The van der Waals surface area contributed by atoms with E-state index in [2.05, 4.69) is 22.3 Å². The van der Waals surface area contributed by atoms with Gasteiger partial charge in [0.05, 0.1) is 4.87 Å². The molecule has 1 heterocycles. The van der Waals surface area contributed by atoms with E-state index in [-0.39, 0.29) is 10.7 Å². The minimum atomic E-state index is -0.425. The zero-order valence-corrected chi connectivity index (χ0v) is 12.7. The van der Waals surface area contributed by atoms with Crippen LogP contribution in [0.25, 0.3) is 0 Å². The molecular formula is C15H20N2O2S. The Morgan fingerprint density at radius 2 is 2.20 bits per heavy atom. The van der Waals surface area contributed by atoms with Crippen molar-refractivity contribution in [1.29, 1.82) is 0 Å².